The quantitative estimate of drug-likeness (QED) is 0.692. The standard InChI is InChI=1S/C21H23N5O2S/c1-14(2)26-21-15(12-23-26)11-16(13-22-21)24-19(27)7-8-20(28)25-9-10-29-18-6-4-3-5-17(18)25/h3-6,11-14H,7-10H2,1-2H3,(H,24,27). The molecule has 0 unspecified atom stereocenters. The molecule has 0 fully saturated rings. The number of fused-ring (bicyclic) bond motifs is 2. The molecule has 2 aromatic heterocycles. The first-order valence-electron chi connectivity index (χ1n) is 9.68. The molecule has 0 saturated carbocycles. The topological polar surface area (TPSA) is 80.1 Å². The Hall–Kier alpha value is -2.87. The Bertz CT molecular complexity index is 1060. The zero-order valence-electron chi connectivity index (χ0n) is 16.5. The van der Waals surface area contributed by atoms with Crippen molar-refractivity contribution < 1.29 is 9.59 Å². The second kappa shape index (κ2) is 8.24. The summed E-state index contributed by atoms with van der Waals surface area (Å²) >= 11 is 1.75. The Morgan fingerprint density at radius 1 is 1.21 bits per heavy atom. The highest BCUT2D eigenvalue weighted by molar-refractivity contribution is 7.99. The second-order valence-electron chi connectivity index (χ2n) is 7.23. The van der Waals surface area contributed by atoms with E-state index in [-0.39, 0.29) is 30.7 Å². The second-order valence-corrected chi connectivity index (χ2v) is 8.37. The van der Waals surface area contributed by atoms with Crippen LogP contribution in [0.15, 0.2) is 47.6 Å². The lowest BCUT2D eigenvalue weighted by molar-refractivity contribution is -0.122. The summed E-state index contributed by atoms with van der Waals surface area (Å²) in [5, 5.41) is 8.04. The van der Waals surface area contributed by atoms with Crippen LogP contribution in [0.3, 0.4) is 0 Å². The lowest BCUT2D eigenvalue weighted by Gasteiger charge is -2.29. The molecular weight excluding hydrogens is 386 g/mol. The highest BCUT2D eigenvalue weighted by Crippen LogP contribution is 2.34. The first-order chi connectivity index (χ1) is 14.0. The van der Waals surface area contributed by atoms with Crippen molar-refractivity contribution in [3.05, 3.63) is 42.7 Å². The number of benzene rings is 1. The van der Waals surface area contributed by atoms with Gasteiger partial charge in [0.2, 0.25) is 11.8 Å². The van der Waals surface area contributed by atoms with Gasteiger partial charge in [0.1, 0.15) is 0 Å². The third kappa shape index (κ3) is 4.12. The molecule has 1 aromatic carbocycles. The number of hydrogen-bond donors (Lipinski definition) is 1. The number of para-hydroxylation sites is 1. The van der Waals surface area contributed by atoms with Gasteiger partial charge in [0, 0.05) is 41.5 Å². The van der Waals surface area contributed by atoms with Gasteiger partial charge in [-0.1, -0.05) is 12.1 Å². The zero-order chi connectivity index (χ0) is 20.4. The highest BCUT2D eigenvalue weighted by Gasteiger charge is 2.23. The van der Waals surface area contributed by atoms with Crippen LogP contribution in [0.5, 0.6) is 0 Å². The molecule has 8 heteroatoms. The summed E-state index contributed by atoms with van der Waals surface area (Å²) in [6.07, 6.45) is 3.67. The number of rotatable bonds is 5. The highest BCUT2D eigenvalue weighted by atomic mass is 32.2. The minimum Gasteiger partial charge on any atom is -0.325 e. The van der Waals surface area contributed by atoms with Crippen molar-refractivity contribution in [2.24, 2.45) is 0 Å². The van der Waals surface area contributed by atoms with E-state index in [2.05, 4.69) is 15.4 Å². The van der Waals surface area contributed by atoms with Crippen molar-refractivity contribution in [1.29, 1.82) is 0 Å². The molecule has 2 amide bonds. The van der Waals surface area contributed by atoms with Gasteiger partial charge in [0.25, 0.3) is 0 Å². The van der Waals surface area contributed by atoms with Crippen molar-refractivity contribution in [3.63, 3.8) is 0 Å². The summed E-state index contributed by atoms with van der Waals surface area (Å²) in [7, 11) is 0. The fourth-order valence-electron chi connectivity index (χ4n) is 3.39. The van der Waals surface area contributed by atoms with Crippen molar-refractivity contribution >= 4 is 46.0 Å². The van der Waals surface area contributed by atoms with Gasteiger partial charge in [-0.3, -0.25) is 9.59 Å². The Labute approximate surface area is 173 Å². The molecule has 3 heterocycles. The predicted molar refractivity (Wildman–Crippen MR) is 115 cm³/mol. The number of carbonyl (C=O) groups excluding carboxylic acids is 2. The van der Waals surface area contributed by atoms with Crippen molar-refractivity contribution in [2.75, 3.05) is 22.5 Å². The van der Waals surface area contributed by atoms with Crippen LogP contribution in [0.2, 0.25) is 0 Å². The average Bonchev–Trinajstić information content (AvgIpc) is 3.15. The largest absolute Gasteiger partial charge is 0.325 e. The van der Waals surface area contributed by atoms with Gasteiger partial charge in [-0.25, -0.2) is 9.67 Å². The van der Waals surface area contributed by atoms with Crippen LogP contribution < -0.4 is 10.2 Å². The summed E-state index contributed by atoms with van der Waals surface area (Å²) < 4.78 is 1.84. The Morgan fingerprint density at radius 2 is 2.03 bits per heavy atom. The van der Waals surface area contributed by atoms with E-state index >= 15 is 0 Å². The molecular formula is C21H23N5O2S. The molecule has 0 radical (unpaired) electrons. The van der Waals surface area contributed by atoms with Crippen molar-refractivity contribution in [3.8, 4) is 0 Å². The van der Waals surface area contributed by atoms with E-state index < -0.39 is 0 Å². The number of thioether (sulfide) groups is 1. The summed E-state index contributed by atoms with van der Waals surface area (Å²) in [4.78, 5) is 32.3. The van der Waals surface area contributed by atoms with E-state index in [9.17, 15) is 9.59 Å². The summed E-state index contributed by atoms with van der Waals surface area (Å²) in [6.45, 7) is 4.75. The number of pyridine rings is 1. The number of hydrogen-bond acceptors (Lipinski definition) is 5. The van der Waals surface area contributed by atoms with Gasteiger partial charge in [-0.15, -0.1) is 11.8 Å². The monoisotopic (exact) mass is 409 g/mol. The van der Waals surface area contributed by atoms with E-state index in [0.717, 1.165) is 27.4 Å². The predicted octanol–water partition coefficient (Wildman–Crippen LogP) is 3.87. The molecule has 1 aliphatic heterocycles. The molecule has 4 rings (SSSR count). The number of amides is 2. The Kier molecular flexibility index (Phi) is 5.53. The maximum Gasteiger partial charge on any atom is 0.227 e. The SMILES string of the molecule is CC(C)n1ncc2cc(NC(=O)CCC(=O)N3CCSc4ccccc43)cnc21. The molecule has 0 aliphatic carbocycles. The van der Waals surface area contributed by atoms with E-state index in [1.165, 1.54) is 0 Å². The van der Waals surface area contributed by atoms with Crippen LogP contribution in [0, 0.1) is 0 Å². The lowest BCUT2D eigenvalue weighted by Crippen LogP contribution is -2.35. The molecule has 7 nitrogen and oxygen atoms in total. The molecule has 150 valence electrons. The van der Waals surface area contributed by atoms with Gasteiger partial charge in [0.05, 0.1) is 23.8 Å². The van der Waals surface area contributed by atoms with Crippen molar-refractivity contribution in [2.45, 2.75) is 37.6 Å². The van der Waals surface area contributed by atoms with Gasteiger partial charge >= 0.3 is 0 Å². The van der Waals surface area contributed by atoms with Crippen LogP contribution in [-0.2, 0) is 9.59 Å². The number of carbonyl (C=O) groups is 2. The zero-order valence-corrected chi connectivity index (χ0v) is 17.3. The van der Waals surface area contributed by atoms with Gasteiger partial charge in [-0.05, 0) is 32.0 Å². The van der Waals surface area contributed by atoms with E-state index in [1.807, 2.05) is 48.9 Å². The molecule has 0 spiro atoms. The molecule has 1 N–H and O–H groups in total. The molecule has 0 saturated heterocycles. The van der Waals surface area contributed by atoms with Crippen LogP contribution >= 0.6 is 11.8 Å². The van der Waals surface area contributed by atoms with Crippen LogP contribution in [0.1, 0.15) is 32.7 Å². The van der Waals surface area contributed by atoms with Gasteiger partial charge in [0.15, 0.2) is 5.65 Å². The first kappa shape index (κ1) is 19.4. The minimum absolute atomic E-state index is 0.0281. The summed E-state index contributed by atoms with van der Waals surface area (Å²) in [6, 6.07) is 9.95. The third-order valence-electron chi connectivity index (χ3n) is 4.80. The van der Waals surface area contributed by atoms with Gasteiger partial charge in [-0.2, -0.15) is 5.10 Å². The number of nitrogens with one attached hydrogen (secondary N) is 1. The summed E-state index contributed by atoms with van der Waals surface area (Å²) in [5.74, 6) is 0.639. The third-order valence-corrected chi connectivity index (χ3v) is 5.84. The lowest BCUT2D eigenvalue weighted by atomic mass is 10.2. The first-order valence-corrected chi connectivity index (χ1v) is 10.7. The maximum absolute atomic E-state index is 12.7. The molecule has 0 bridgehead atoms. The molecule has 0 atom stereocenters. The van der Waals surface area contributed by atoms with Crippen LogP contribution in [-0.4, -0.2) is 38.9 Å². The van der Waals surface area contributed by atoms with Crippen molar-refractivity contribution in [1.82, 2.24) is 14.8 Å². The smallest absolute Gasteiger partial charge is 0.227 e. The van der Waals surface area contributed by atoms with Gasteiger partial charge < -0.3 is 10.2 Å². The Balaban J connectivity index is 1.37. The fourth-order valence-corrected chi connectivity index (χ4v) is 4.39. The van der Waals surface area contributed by atoms with E-state index in [1.54, 1.807) is 29.1 Å². The van der Waals surface area contributed by atoms with Crippen LogP contribution in [0.25, 0.3) is 11.0 Å². The van der Waals surface area contributed by atoms with E-state index in [0.29, 0.717) is 12.2 Å². The number of nitrogens with zero attached hydrogens (tertiary/aromatic N) is 4. The van der Waals surface area contributed by atoms with Crippen LogP contribution in [0.4, 0.5) is 11.4 Å². The maximum atomic E-state index is 12.7. The normalized spacial score (nSPS) is 13.6. The van der Waals surface area contributed by atoms with E-state index in [4.69, 9.17) is 0 Å². The average molecular weight is 410 g/mol. The summed E-state index contributed by atoms with van der Waals surface area (Å²) in [5.41, 5.74) is 2.33. The number of anilines is 2. The molecule has 3 aromatic rings. The minimum atomic E-state index is -0.199. The number of aromatic nitrogens is 3. The Morgan fingerprint density at radius 3 is 2.86 bits per heavy atom. The molecule has 1 aliphatic rings. The molecule has 29 heavy (non-hydrogen) atoms. The fraction of sp³-hybridized carbons (Fsp3) is 0.333.